The van der Waals surface area contributed by atoms with Crippen molar-refractivity contribution in [3.05, 3.63) is 23.8 Å². The normalized spacial score (nSPS) is 13.1. The van der Waals surface area contributed by atoms with E-state index < -0.39 is 0 Å². The Kier molecular flexibility index (Phi) is 51.5. The van der Waals surface area contributed by atoms with Crippen molar-refractivity contribution in [1.29, 1.82) is 0 Å². The quantitative estimate of drug-likeness (QED) is 0.0428. The van der Waals surface area contributed by atoms with Gasteiger partial charge in [0.05, 0.1) is 85.9 Å². The van der Waals surface area contributed by atoms with Crippen molar-refractivity contribution in [3.63, 3.8) is 0 Å². The number of hydrogen-bond donors (Lipinski definition) is 0. The Labute approximate surface area is 436 Å². The highest BCUT2D eigenvalue weighted by molar-refractivity contribution is 5.69. The van der Waals surface area contributed by atoms with Crippen LogP contribution in [0.5, 0.6) is 0 Å². The molecule has 1 atom stereocenters. The van der Waals surface area contributed by atoms with Crippen molar-refractivity contribution >= 4 is 11.9 Å². The minimum Gasteiger partial charge on any atom is -0.466 e. The number of unbranched alkanes of at least 4 members (excludes halogenated alkanes) is 16. The standard InChI is InChI=1S/C60H112O11/c1-5-9-20-30-55(31-21-10-6-2)38-42-70-59(61)36-26-15-13-17-28-40-66-53-58(54-68-51-49-65-47-45-63-44-46-64-48-50-67-52-57-34-24-19-25-35-57)69-41-29-18-14-16-27-37-60(62)71-43-39-56(32-22-11-7-3)33-23-12-8-4/h24,34-35,55-56,58H,5-23,25-33,36-54H2,1-4H3. The first-order chi connectivity index (χ1) is 35.0. The summed E-state index contributed by atoms with van der Waals surface area (Å²) in [6.07, 6.45) is 42.1. The summed E-state index contributed by atoms with van der Waals surface area (Å²) in [7, 11) is 0. The topological polar surface area (TPSA) is 117 Å². The molecule has 0 saturated heterocycles. The molecule has 1 rings (SSSR count). The van der Waals surface area contributed by atoms with Gasteiger partial charge in [-0.1, -0.05) is 187 Å². The first kappa shape index (κ1) is 67.2. The van der Waals surface area contributed by atoms with E-state index >= 15 is 0 Å². The second-order valence-corrected chi connectivity index (χ2v) is 20.1. The second-order valence-electron chi connectivity index (χ2n) is 20.1. The lowest BCUT2D eigenvalue weighted by Gasteiger charge is -2.18. The Morgan fingerprint density at radius 1 is 0.408 bits per heavy atom. The molecule has 1 aliphatic rings. The molecule has 0 aromatic heterocycles. The van der Waals surface area contributed by atoms with E-state index in [4.69, 9.17) is 42.6 Å². The number of carbonyl (C=O) groups is 2. The zero-order chi connectivity index (χ0) is 51.2. The van der Waals surface area contributed by atoms with Crippen LogP contribution in [-0.2, 0) is 52.2 Å². The van der Waals surface area contributed by atoms with E-state index in [-0.39, 0.29) is 18.0 Å². The predicted octanol–water partition coefficient (Wildman–Crippen LogP) is 14.8. The van der Waals surface area contributed by atoms with Crippen LogP contribution >= 0.6 is 0 Å². The maximum atomic E-state index is 12.4. The highest BCUT2D eigenvalue weighted by Gasteiger charge is 2.14. The lowest BCUT2D eigenvalue weighted by Crippen LogP contribution is -2.27. The zero-order valence-electron chi connectivity index (χ0n) is 46.7. The van der Waals surface area contributed by atoms with Crippen LogP contribution < -0.4 is 0 Å². The van der Waals surface area contributed by atoms with Crippen molar-refractivity contribution in [1.82, 2.24) is 0 Å². The Balaban J connectivity index is 2.26. The molecular weight excluding hydrogens is 897 g/mol. The van der Waals surface area contributed by atoms with Crippen molar-refractivity contribution < 1.29 is 52.2 Å². The van der Waals surface area contributed by atoms with Crippen LogP contribution in [0.2, 0.25) is 0 Å². The highest BCUT2D eigenvalue weighted by Crippen LogP contribution is 2.23. The first-order valence-corrected chi connectivity index (χ1v) is 29.8. The van der Waals surface area contributed by atoms with Gasteiger partial charge >= 0.3 is 11.9 Å². The van der Waals surface area contributed by atoms with Gasteiger partial charge in [0.25, 0.3) is 0 Å². The van der Waals surface area contributed by atoms with Crippen LogP contribution in [0.15, 0.2) is 23.8 Å². The number of rotatable bonds is 57. The third kappa shape index (κ3) is 47.6. The fourth-order valence-corrected chi connectivity index (χ4v) is 8.89. The van der Waals surface area contributed by atoms with Crippen molar-refractivity contribution in [2.75, 3.05) is 99.1 Å². The van der Waals surface area contributed by atoms with Crippen molar-refractivity contribution in [2.45, 2.75) is 239 Å². The molecule has 0 saturated carbocycles. The summed E-state index contributed by atoms with van der Waals surface area (Å²) in [5.74, 6) is 1.29. The first-order valence-electron chi connectivity index (χ1n) is 29.8. The maximum absolute atomic E-state index is 12.4. The van der Waals surface area contributed by atoms with E-state index in [1.807, 2.05) is 0 Å². The van der Waals surface area contributed by atoms with Gasteiger partial charge in [0.15, 0.2) is 0 Å². The number of esters is 2. The molecule has 0 aromatic rings. The molecule has 1 aliphatic carbocycles. The molecule has 0 radical (unpaired) electrons. The molecule has 0 heterocycles. The highest BCUT2D eigenvalue weighted by atomic mass is 16.6. The van der Waals surface area contributed by atoms with Gasteiger partial charge in [0.1, 0.15) is 6.10 Å². The smallest absolute Gasteiger partial charge is 0.305 e. The molecule has 71 heavy (non-hydrogen) atoms. The number of hydrogen-bond acceptors (Lipinski definition) is 11. The van der Waals surface area contributed by atoms with Crippen LogP contribution in [0.3, 0.4) is 0 Å². The van der Waals surface area contributed by atoms with E-state index in [0.29, 0.717) is 124 Å². The largest absolute Gasteiger partial charge is 0.466 e. The van der Waals surface area contributed by atoms with E-state index in [1.165, 1.54) is 108 Å². The Hall–Kier alpha value is -1.86. The van der Waals surface area contributed by atoms with Gasteiger partial charge in [-0.25, -0.2) is 0 Å². The lowest BCUT2D eigenvalue weighted by molar-refractivity contribution is -0.145. The SMILES string of the molecule is CCCCCC(CCCCC)CCOC(=O)CCCCCCCOCC(COCCOCCOCCOCCOCC1=CCCC=C1)OCCCCCCCC(=O)OCCC(CCCCC)CCCCC. The van der Waals surface area contributed by atoms with Gasteiger partial charge in [0, 0.05) is 26.1 Å². The third-order valence-corrected chi connectivity index (χ3v) is 13.4. The fourth-order valence-electron chi connectivity index (χ4n) is 8.89. The van der Waals surface area contributed by atoms with Crippen molar-refractivity contribution in [3.8, 4) is 0 Å². The summed E-state index contributed by atoms with van der Waals surface area (Å²) in [5, 5.41) is 0. The fraction of sp³-hybridized carbons (Fsp3) is 0.900. The molecule has 0 spiro atoms. The summed E-state index contributed by atoms with van der Waals surface area (Å²) in [6, 6.07) is 0. The van der Waals surface area contributed by atoms with Gasteiger partial charge in [-0.15, -0.1) is 0 Å². The van der Waals surface area contributed by atoms with E-state index in [9.17, 15) is 9.59 Å². The molecule has 11 nitrogen and oxygen atoms in total. The summed E-state index contributed by atoms with van der Waals surface area (Å²) in [4.78, 5) is 24.8. The minimum absolute atomic E-state index is 0.0414. The minimum atomic E-state index is -0.147. The van der Waals surface area contributed by atoms with Gasteiger partial charge < -0.3 is 42.6 Å². The van der Waals surface area contributed by atoms with Crippen LogP contribution in [0.1, 0.15) is 233 Å². The Bertz CT molecular complexity index is 1170. The lowest BCUT2D eigenvalue weighted by atomic mass is 9.92. The Morgan fingerprint density at radius 2 is 0.817 bits per heavy atom. The molecule has 11 heteroatoms. The molecular formula is C60H112O11. The molecule has 0 amide bonds. The average Bonchev–Trinajstić information content (AvgIpc) is 3.37. The van der Waals surface area contributed by atoms with Gasteiger partial charge in [-0.2, -0.15) is 0 Å². The molecule has 0 bridgehead atoms. The molecule has 0 N–H and O–H groups in total. The molecule has 1 unspecified atom stereocenters. The second kappa shape index (κ2) is 54.4. The van der Waals surface area contributed by atoms with Crippen LogP contribution in [0.4, 0.5) is 0 Å². The van der Waals surface area contributed by atoms with E-state index in [1.54, 1.807) is 0 Å². The molecule has 0 aromatic carbocycles. The molecule has 0 aliphatic heterocycles. The summed E-state index contributed by atoms with van der Waals surface area (Å²) < 4.78 is 52.3. The third-order valence-electron chi connectivity index (χ3n) is 13.4. The van der Waals surface area contributed by atoms with Crippen molar-refractivity contribution in [2.24, 2.45) is 11.8 Å². The van der Waals surface area contributed by atoms with Crippen LogP contribution in [0, 0.1) is 11.8 Å². The van der Waals surface area contributed by atoms with Gasteiger partial charge in [-0.3, -0.25) is 9.59 Å². The Morgan fingerprint density at radius 3 is 1.27 bits per heavy atom. The van der Waals surface area contributed by atoms with Crippen LogP contribution in [-0.4, -0.2) is 117 Å². The maximum Gasteiger partial charge on any atom is 0.305 e. The predicted molar refractivity (Wildman–Crippen MR) is 291 cm³/mol. The van der Waals surface area contributed by atoms with Gasteiger partial charge in [0.2, 0.25) is 0 Å². The van der Waals surface area contributed by atoms with E-state index in [2.05, 4.69) is 45.9 Å². The monoisotopic (exact) mass is 1010 g/mol. The molecule has 418 valence electrons. The van der Waals surface area contributed by atoms with Gasteiger partial charge in [-0.05, 0) is 68.8 Å². The molecule has 0 fully saturated rings. The number of ether oxygens (including phenoxy) is 9. The number of carbonyl (C=O) groups excluding carboxylic acids is 2. The summed E-state index contributed by atoms with van der Waals surface area (Å²) in [5.41, 5.74) is 1.24. The zero-order valence-corrected chi connectivity index (χ0v) is 46.7. The summed E-state index contributed by atoms with van der Waals surface area (Å²) >= 11 is 0. The van der Waals surface area contributed by atoms with E-state index in [0.717, 1.165) is 89.9 Å². The summed E-state index contributed by atoms with van der Waals surface area (Å²) in [6.45, 7) is 17.2. The number of allylic oxidation sites excluding steroid dienone is 2. The average molecular weight is 1010 g/mol. The van der Waals surface area contributed by atoms with Crippen LogP contribution in [0.25, 0.3) is 0 Å².